The first-order valence-corrected chi connectivity index (χ1v) is 8.80. The number of fused-ring (bicyclic) bond motifs is 1. The van der Waals surface area contributed by atoms with Crippen molar-refractivity contribution in [2.75, 3.05) is 11.9 Å². The van der Waals surface area contributed by atoms with Gasteiger partial charge < -0.3 is 20.1 Å². The van der Waals surface area contributed by atoms with Crippen molar-refractivity contribution < 1.29 is 19.4 Å². The van der Waals surface area contributed by atoms with E-state index in [1.807, 2.05) is 6.07 Å². The van der Waals surface area contributed by atoms with E-state index in [2.05, 4.69) is 10.3 Å². The van der Waals surface area contributed by atoms with Gasteiger partial charge in [-0.15, -0.1) is 0 Å². The van der Waals surface area contributed by atoms with Crippen LogP contribution in [0, 0.1) is 0 Å². The molecule has 1 aliphatic carbocycles. The van der Waals surface area contributed by atoms with Gasteiger partial charge >= 0.3 is 5.97 Å². The standard InChI is InChI=1S/C20H20N2O4/c1-2-26-20(25)19-18-13(10-21-19)16(11-5-3-6-12(23)9-11)17-14(22-18)7-4-8-15(17)24/h3,5-6,9-10,16,21-23H,2,4,7-8H2,1H3. The van der Waals surface area contributed by atoms with Gasteiger partial charge in [-0.1, -0.05) is 12.1 Å². The van der Waals surface area contributed by atoms with Crippen LogP contribution < -0.4 is 5.32 Å². The van der Waals surface area contributed by atoms with Crippen molar-refractivity contribution in [2.24, 2.45) is 0 Å². The lowest BCUT2D eigenvalue weighted by atomic mass is 9.76. The highest BCUT2D eigenvalue weighted by Crippen LogP contribution is 2.46. The number of aromatic hydroxyl groups is 1. The average molecular weight is 352 g/mol. The summed E-state index contributed by atoms with van der Waals surface area (Å²) in [6.45, 7) is 2.05. The molecule has 0 radical (unpaired) electrons. The lowest BCUT2D eigenvalue weighted by Gasteiger charge is -2.32. The molecule has 0 amide bonds. The van der Waals surface area contributed by atoms with Crippen LogP contribution in [0.1, 0.15) is 53.7 Å². The summed E-state index contributed by atoms with van der Waals surface area (Å²) in [5.74, 6) is -0.492. The summed E-state index contributed by atoms with van der Waals surface area (Å²) in [5.41, 5.74) is 4.23. The SMILES string of the molecule is CCOC(=O)c1[nH]cc2c1NC1=C(C(=O)CCC1)C2c1cccc(O)c1. The molecule has 1 aromatic carbocycles. The minimum absolute atomic E-state index is 0.108. The van der Waals surface area contributed by atoms with Gasteiger partial charge in [-0.2, -0.15) is 0 Å². The first-order chi connectivity index (χ1) is 12.6. The van der Waals surface area contributed by atoms with Gasteiger partial charge in [0.25, 0.3) is 0 Å². The van der Waals surface area contributed by atoms with Crippen molar-refractivity contribution in [3.8, 4) is 5.75 Å². The van der Waals surface area contributed by atoms with Crippen molar-refractivity contribution in [3.05, 3.63) is 58.6 Å². The van der Waals surface area contributed by atoms with Crippen LogP contribution in [-0.4, -0.2) is 28.4 Å². The Morgan fingerprint density at radius 2 is 2.19 bits per heavy atom. The van der Waals surface area contributed by atoms with E-state index in [0.29, 0.717) is 17.8 Å². The number of H-pyrrole nitrogens is 1. The van der Waals surface area contributed by atoms with Gasteiger partial charge in [0.05, 0.1) is 12.3 Å². The summed E-state index contributed by atoms with van der Waals surface area (Å²) in [7, 11) is 0. The maximum atomic E-state index is 12.7. The second-order valence-corrected chi connectivity index (χ2v) is 6.54. The molecule has 2 aromatic rings. The maximum Gasteiger partial charge on any atom is 0.356 e. The predicted molar refractivity (Wildman–Crippen MR) is 96.2 cm³/mol. The van der Waals surface area contributed by atoms with E-state index in [0.717, 1.165) is 35.2 Å². The van der Waals surface area contributed by atoms with Crippen LogP contribution in [0.5, 0.6) is 5.75 Å². The van der Waals surface area contributed by atoms with E-state index >= 15 is 0 Å². The molecule has 1 aliphatic heterocycles. The molecule has 0 saturated heterocycles. The second-order valence-electron chi connectivity index (χ2n) is 6.54. The van der Waals surface area contributed by atoms with Crippen LogP contribution in [0.4, 0.5) is 5.69 Å². The fourth-order valence-corrected chi connectivity index (χ4v) is 3.85. The Morgan fingerprint density at radius 1 is 1.35 bits per heavy atom. The molecule has 134 valence electrons. The number of nitrogens with one attached hydrogen (secondary N) is 2. The number of hydrogen-bond donors (Lipinski definition) is 3. The third kappa shape index (κ3) is 2.58. The molecule has 0 spiro atoms. The zero-order valence-corrected chi connectivity index (χ0v) is 14.5. The Kier molecular flexibility index (Phi) is 4.03. The molecule has 0 fully saturated rings. The molecular formula is C20H20N2O4. The van der Waals surface area contributed by atoms with Gasteiger partial charge in [0.2, 0.25) is 0 Å². The molecule has 1 unspecified atom stereocenters. The number of anilines is 1. The number of carbonyl (C=O) groups excluding carboxylic acids is 2. The Bertz CT molecular complexity index is 926. The molecule has 0 bridgehead atoms. The number of phenols is 1. The summed E-state index contributed by atoms with van der Waals surface area (Å²) in [5, 5.41) is 13.2. The molecule has 26 heavy (non-hydrogen) atoms. The van der Waals surface area contributed by atoms with Gasteiger partial charge in [-0.3, -0.25) is 4.79 Å². The monoisotopic (exact) mass is 352 g/mol. The molecule has 1 aromatic heterocycles. The molecule has 1 atom stereocenters. The van der Waals surface area contributed by atoms with Crippen LogP contribution >= 0.6 is 0 Å². The summed E-state index contributed by atoms with van der Waals surface area (Å²) in [6.07, 6.45) is 3.80. The lowest BCUT2D eigenvalue weighted by molar-refractivity contribution is -0.116. The highest BCUT2D eigenvalue weighted by atomic mass is 16.5. The molecule has 0 saturated carbocycles. The summed E-state index contributed by atoms with van der Waals surface area (Å²) in [6, 6.07) is 6.93. The van der Waals surface area contributed by atoms with Crippen molar-refractivity contribution in [1.29, 1.82) is 0 Å². The van der Waals surface area contributed by atoms with Gasteiger partial charge in [0, 0.05) is 35.4 Å². The van der Waals surface area contributed by atoms with E-state index in [9.17, 15) is 14.7 Å². The highest BCUT2D eigenvalue weighted by molar-refractivity contribution is 6.03. The normalized spacial score (nSPS) is 18.8. The van der Waals surface area contributed by atoms with Gasteiger partial charge in [0.15, 0.2) is 5.78 Å². The van der Waals surface area contributed by atoms with Crippen LogP contribution in [-0.2, 0) is 9.53 Å². The van der Waals surface area contributed by atoms with Crippen molar-refractivity contribution in [3.63, 3.8) is 0 Å². The van der Waals surface area contributed by atoms with E-state index in [-0.39, 0.29) is 24.1 Å². The van der Waals surface area contributed by atoms with Crippen molar-refractivity contribution >= 4 is 17.4 Å². The summed E-state index contributed by atoms with van der Waals surface area (Å²) >= 11 is 0. The number of ketones is 1. The number of hydrogen-bond acceptors (Lipinski definition) is 5. The Morgan fingerprint density at radius 3 is 2.96 bits per heavy atom. The largest absolute Gasteiger partial charge is 0.508 e. The number of Topliss-reactive ketones (excluding diaryl/α,β-unsaturated/α-hetero) is 1. The first kappa shape index (κ1) is 16.4. The number of rotatable bonds is 3. The molecule has 6 nitrogen and oxygen atoms in total. The smallest absolute Gasteiger partial charge is 0.356 e. The number of benzene rings is 1. The summed E-state index contributed by atoms with van der Waals surface area (Å²) < 4.78 is 5.14. The number of aromatic amines is 1. The Labute approximate surface area is 150 Å². The topological polar surface area (TPSA) is 91.4 Å². The minimum Gasteiger partial charge on any atom is -0.508 e. The van der Waals surface area contributed by atoms with Crippen molar-refractivity contribution in [2.45, 2.75) is 32.1 Å². The Hall–Kier alpha value is -3.02. The van der Waals surface area contributed by atoms with Crippen LogP contribution in [0.25, 0.3) is 0 Å². The molecular weight excluding hydrogens is 332 g/mol. The van der Waals surface area contributed by atoms with Gasteiger partial charge in [-0.25, -0.2) is 4.79 Å². The summed E-state index contributed by atoms with van der Waals surface area (Å²) in [4.78, 5) is 28.0. The number of ether oxygens (including phenoxy) is 1. The van der Waals surface area contributed by atoms with E-state index < -0.39 is 5.97 Å². The molecule has 6 heteroatoms. The zero-order valence-electron chi connectivity index (χ0n) is 14.5. The molecule has 2 aliphatic rings. The van der Waals surface area contributed by atoms with Crippen molar-refractivity contribution in [1.82, 2.24) is 4.98 Å². The highest BCUT2D eigenvalue weighted by Gasteiger charge is 2.37. The molecule has 4 rings (SSSR count). The zero-order chi connectivity index (χ0) is 18.3. The second kappa shape index (κ2) is 6.37. The fraction of sp³-hybridized carbons (Fsp3) is 0.300. The first-order valence-electron chi connectivity index (χ1n) is 8.80. The molecule has 2 heterocycles. The molecule has 3 N–H and O–H groups in total. The van der Waals surface area contributed by atoms with Crippen LogP contribution in [0.2, 0.25) is 0 Å². The number of esters is 1. The minimum atomic E-state index is -0.429. The maximum absolute atomic E-state index is 12.7. The lowest BCUT2D eigenvalue weighted by Crippen LogP contribution is -2.27. The van der Waals surface area contributed by atoms with Crippen LogP contribution in [0.15, 0.2) is 41.7 Å². The van der Waals surface area contributed by atoms with Gasteiger partial charge in [0.1, 0.15) is 11.4 Å². The predicted octanol–water partition coefficient (Wildman–Crippen LogP) is 3.46. The Balaban J connectivity index is 1.89. The number of phenolic OH excluding ortho intramolecular Hbond substituents is 1. The third-order valence-corrected chi connectivity index (χ3v) is 4.93. The van der Waals surface area contributed by atoms with E-state index in [1.54, 1.807) is 31.3 Å². The quantitative estimate of drug-likeness (QED) is 0.736. The fourth-order valence-electron chi connectivity index (χ4n) is 3.85. The number of allylic oxidation sites excluding steroid dienone is 2. The average Bonchev–Trinajstić information content (AvgIpc) is 3.04. The van der Waals surface area contributed by atoms with E-state index in [4.69, 9.17) is 4.74 Å². The van der Waals surface area contributed by atoms with E-state index in [1.165, 1.54) is 0 Å². The van der Waals surface area contributed by atoms with Gasteiger partial charge in [-0.05, 0) is 37.5 Å². The number of carbonyl (C=O) groups is 2. The van der Waals surface area contributed by atoms with Crippen LogP contribution in [0.3, 0.4) is 0 Å². The number of aromatic nitrogens is 1. The third-order valence-electron chi connectivity index (χ3n) is 4.93.